The molecule has 24 heavy (non-hydrogen) atoms. The van der Waals surface area contributed by atoms with Crippen molar-refractivity contribution in [2.24, 2.45) is 0 Å². The molecule has 3 rings (SSSR count). The van der Waals surface area contributed by atoms with E-state index < -0.39 is 5.97 Å². The van der Waals surface area contributed by atoms with Gasteiger partial charge in [0.15, 0.2) is 0 Å². The van der Waals surface area contributed by atoms with E-state index in [0.29, 0.717) is 17.1 Å². The molecule has 0 unspecified atom stereocenters. The van der Waals surface area contributed by atoms with E-state index in [2.05, 4.69) is 29.6 Å². The number of carbonyl (C=O) groups is 2. The smallest absolute Gasteiger partial charge is 0.350 e. The van der Waals surface area contributed by atoms with Gasteiger partial charge in [0.25, 0.3) is 0 Å². The second-order valence-corrected chi connectivity index (χ2v) is 6.76. The first-order chi connectivity index (χ1) is 11.6. The Labute approximate surface area is 145 Å². The molecule has 2 amide bonds. The van der Waals surface area contributed by atoms with Gasteiger partial charge in [0, 0.05) is 6.54 Å². The van der Waals surface area contributed by atoms with Gasteiger partial charge in [-0.05, 0) is 36.8 Å². The van der Waals surface area contributed by atoms with Crippen LogP contribution in [0.3, 0.4) is 0 Å². The molecule has 0 spiro atoms. The monoisotopic (exact) mass is 344 g/mol. The first-order valence-corrected chi connectivity index (χ1v) is 8.78. The van der Waals surface area contributed by atoms with Gasteiger partial charge in [0.05, 0.1) is 18.8 Å². The number of urea groups is 1. The maximum atomic E-state index is 12.7. The zero-order chi connectivity index (χ0) is 17.1. The number of hydrogen-bond acceptors (Lipinski definition) is 4. The molecule has 1 atom stereocenters. The summed E-state index contributed by atoms with van der Waals surface area (Å²) in [5, 5.41) is 4.62. The average molecular weight is 344 g/mol. The minimum atomic E-state index is -0.434. The molecule has 0 bridgehead atoms. The van der Waals surface area contributed by atoms with Crippen LogP contribution in [0.25, 0.3) is 0 Å². The van der Waals surface area contributed by atoms with E-state index in [1.165, 1.54) is 24.0 Å². The predicted octanol–water partition coefficient (Wildman–Crippen LogP) is 4.21. The van der Waals surface area contributed by atoms with E-state index in [-0.39, 0.29) is 12.1 Å². The number of ether oxygens (including phenoxy) is 1. The van der Waals surface area contributed by atoms with E-state index >= 15 is 0 Å². The van der Waals surface area contributed by atoms with Crippen molar-refractivity contribution in [1.82, 2.24) is 4.90 Å². The van der Waals surface area contributed by atoms with Crippen molar-refractivity contribution in [3.8, 4) is 0 Å². The number of esters is 1. The number of rotatable bonds is 3. The summed E-state index contributed by atoms with van der Waals surface area (Å²) in [6, 6.07) is 9.92. The molecule has 2 heterocycles. The van der Waals surface area contributed by atoms with E-state index in [1.807, 2.05) is 11.8 Å². The van der Waals surface area contributed by atoms with Crippen LogP contribution in [0.1, 0.15) is 39.7 Å². The summed E-state index contributed by atoms with van der Waals surface area (Å²) in [5.74, 6) is -0.434. The number of thiophene rings is 1. The summed E-state index contributed by atoms with van der Waals surface area (Å²) in [4.78, 5) is 26.7. The molecule has 0 radical (unpaired) electrons. The van der Waals surface area contributed by atoms with Gasteiger partial charge in [0.2, 0.25) is 0 Å². The van der Waals surface area contributed by atoms with Crippen LogP contribution >= 0.6 is 11.3 Å². The molecule has 1 saturated heterocycles. The van der Waals surface area contributed by atoms with Gasteiger partial charge in [-0.2, -0.15) is 0 Å². The fraction of sp³-hybridized carbons (Fsp3) is 0.333. The molecular formula is C18H20N2O3S. The van der Waals surface area contributed by atoms with Gasteiger partial charge in [-0.15, -0.1) is 11.3 Å². The third-order valence-corrected chi connectivity index (χ3v) is 5.15. The predicted molar refractivity (Wildman–Crippen MR) is 94.5 cm³/mol. The molecule has 1 aromatic heterocycles. The molecule has 126 valence electrons. The second-order valence-electron chi connectivity index (χ2n) is 5.85. The summed E-state index contributed by atoms with van der Waals surface area (Å²) in [6.07, 6.45) is 1.92. The number of anilines is 1. The number of hydrogen-bond donors (Lipinski definition) is 1. The number of methoxy groups -OCH3 is 1. The third kappa shape index (κ3) is 3.28. The van der Waals surface area contributed by atoms with Gasteiger partial charge in [-0.25, -0.2) is 9.59 Å². The van der Waals surface area contributed by atoms with Crippen molar-refractivity contribution in [2.75, 3.05) is 19.0 Å². The van der Waals surface area contributed by atoms with Crippen LogP contribution < -0.4 is 5.32 Å². The van der Waals surface area contributed by atoms with Crippen LogP contribution in [0.2, 0.25) is 0 Å². The maximum absolute atomic E-state index is 12.7. The number of nitrogens with zero attached hydrogens (tertiary/aromatic N) is 1. The van der Waals surface area contributed by atoms with E-state index in [0.717, 1.165) is 18.4 Å². The minimum absolute atomic E-state index is 0.0748. The lowest BCUT2D eigenvalue weighted by Gasteiger charge is -2.25. The van der Waals surface area contributed by atoms with Crippen molar-refractivity contribution in [3.63, 3.8) is 0 Å². The van der Waals surface area contributed by atoms with E-state index in [4.69, 9.17) is 4.74 Å². The van der Waals surface area contributed by atoms with Crippen LogP contribution in [0.15, 0.2) is 35.7 Å². The van der Waals surface area contributed by atoms with Crippen LogP contribution in [-0.2, 0) is 4.74 Å². The third-order valence-electron chi connectivity index (χ3n) is 4.25. The van der Waals surface area contributed by atoms with Gasteiger partial charge < -0.3 is 15.0 Å². The molecule has 1 aliphatic rings. The Morgan fingerprint density at radius 3 is 2.71 bits per heavy atom. The summed E-state index contributed by atoms with van der Waals surface area (Å²) < 4.78 is 4.75. The Morgan fingerprint density at radius 2 is 2.00 bits per heavy atom. The van der Waals surface area contributed by atoms with Gasteiger partial charge in [-0.3, -0.25) is 0 Å². The van der Waals surface area contributed by atoms with Crippen molar-refractivity contribution in [3.05, 3.63) is 51.7 Å². The average Bonchev–Trinajstić information content (AvgIpc) is 3.24. The molecule has 1 aliphatic heterocycles. The summed E-state index contributed by atoms with van der Waals surface area (Å²) in [7, 11) is 1.33. The van der Waals surface area contributed by atoms with Crippen LogP contribution in [-0.4, -0.2) is 30.6 Å². The number of carbonyl (C=O) groups excluding carboxylic acids is 2. The number of likely N-dealkylation sites (tertiary alicyclic amines) is 1. The van der Waals surface area contributed by atoms with E-state index in [9.17, 15) is 9.59 Å². The van der Waals surface area contributed by atoms with Gasteiger partial charge in [0.1, 0.15) is 4.88 Å². The molecule has 0 saturated carbocycles. The Kier molecular flexibility index (Phi) is 4.85. The van der Waals surface area contributed by atoms with Crippen molar-refractivity contribution >= 4 is 29.0 Å². The van der Waals surface area contributed by atoms with E-state index in [1.54, 1.807) is 11.4 Å². The summed E-state index contributed by atoms with van der Waals surface area (Å²) >= 11 is 1.26. The quantitative estimate of drug-likeness (QED) is 0.849. The lowest BCUT2D eigenvalue weighted by molar-refractivity contribution is 0.0607. The van der Waals surface area contributed by atoms with Gasteiger partial charge >= 0.3 is 12.0 Å². The molecule has 1 fully saturated rings. The summed E-state index contributed by atoms with van der Waals surface area (Å²) in [5.41, 5.74) is 2.85. The molecule has 2 aromatic rings. The molecular weight excluding hydrogens is 324 g/mol. The largest absolute Gasteiger partial charge is 0.465 e. The summed E-state index contributed by atoms with van der Waals surface area (Å²) in [6.45, 7) is 2.76. The SMILES string of the molecule is COC(=O)c1sccc1NC(=O)N1CCC[C@@H]1c1ccc(C)cc1. The Morgan fingerprint density at radius 1 is 1.25 bits per heavy atom. The number of aryl methyl sites for hydroxylation is 1. The topological polar surface area (TPSA) is 58.6 Å². The highest BCUT2D eigenvalue weighted by atomic mass is 32.1. The lowest BCUT2D eigenvalue weighted by Crippen LogP contribution is -2.34. The van der Waals surface area contributed by atoms with Crippen LogP contribution in [0, 0.1) is 6.92 Å². The van der Waals surface area contributed by atoms with Crippen molar-refractivity contribution in [1.29, 1.82) is 0 Å². The Hall–Kier alpha value is -2.34. The van der Waals surface area contributed by atoms with Crippen LogP contribution in [0.5, 0.6) is 0 Å². The highest BCUT2D eigenvalue weighted by molar-refractivity contribution is 7.12. The first-order valence-electron chi connectivity index (χ1n) is 7.90. The molecule has 1 N–H and O–H groups in total. The van der Waals surface area contributed by atoms with Gasteiger partial charge in [-0.1, -0.05) is 29.8 Å². The van der Waals surface area contributed by atoms with Crippen LogP contribution in [0.4, 0.5) is 10.5 Å². The molecule has 5 nitrogen and oxygen atoms in total. The highest BCUT2D eigenvalue weighted by Gasteiger charge is 2.30. The van der Waals surface area contributed by atoms with Crippen molar-refractivity contribution in [2.45, 2.75) is 25.8 Å². The highest BCUT2D eigenvalue weighted by Crippen LogP contribution is 2.33. The minimum Gasteiger partial charge on any atom is -0.465 e. The standard InChI is InChI=1S/C18H20N2O3S/c1-12-5-7-13(8-6-12)15-4-3-10-20(15)18(22)19-14-9-11-24-16(14)17(21)23-2/h5-9,11,15H,3-4,10H2,1-2H3,(H,19,22)/t15-/m1/s1. The second kappa shape index (κ2) is 7.05. The lowest BCUT2D eigenvalue weighted by atomic mass is 10.0. The normalized spacial score (nSPS) is 16.9. The maximum Gasteiger partial charge on any atom is 0.350 e. The first kappa shape index (κ1) is 16.5. The molecule has 6 heteroatoms. The Balaban J connectivity index is 1.76. The number of benzene rings is 1. The fourth-order valence-electron chi connectivity index (χ4n) is 2.99. The fourth-order valence-corrected chi connectivity index (χ4v) is 3.76. The number of amides is 2. The number of nitrogens with one attached hydrogen (secondary N) is 1. The Bertz CT molecular complexity index is 739. The molecule has 0 aliphatic carbocycles. The zero-order valence-electron chi connectivity index (χ0n) is 13.7. The zero-order valence-corrected chi connectivity index (χ0v) is 14.6. The van der Waals surface area contributed by atoms with Crippen molar-refractivity contribution < 1.29 is 14.3 Å². The molecule has 1 aromatic carbocycles.